The molecule has 0 atom stereocenters. The van der Waals surface area contributed by atoms with Gasteiger partial charge in [0.25, 0.3) is 0 Å². The number of carbonyl (C=O) groups is 6. The maximum atomic E-state index is 13.9. The van der Waals surface area contributed by atoms with Crippen LogP contribution < -0.4 is 28.4 Å². The lowest BCUT2D eigenvalue weighted by Gasteiger charge is -2.26. The molecule has 0 unspecified atom stereocenters. The number of aromatic nitrogens is 1. The molecule has 16 nitrogen and oxygen atoms in total. The average molecular weight is 1110 g/mol. The van der Waals surface area contributed by atoms with Gasteiger partial charge in [-0.15, -0.1) is 11.3 Å². The molecular formula is C63H69NO15S. The number of carbonyl (C=O) groups excluding carboxylic acids is 6. The van der Waals surface area contributed by atoms with Gasteiger partial charge in [-0.2, -0.15) is 0 Å². The number of nitrogens with zero attached hydrogens (tertiary/aromatic N) is 1. The number of esters is 6. The Labute approximate surface area is 469 Å². The molecule has 80 heavy (non-hydrogen) atoms. The first-order valence-electron chi connectivity index (χ1n) is 27.7. The van der Waals surface area contributed by atoms with Crippen LogP contribution in [0.4, 0.5) is 0 Å². The van der Waals surface area contributed by atoms with E-state index in [2.05, 4.69) is 19.2 Å². The predicted molar refractivity (Wildman–Crippen MR) is 301 cm³/mol. The van der Waals surface area contributed by atoms with E-state index in [-0.39, 0.29) is 35.3 Å². The van der Waals surface area contributed by atoms with Crippen LogP contribution in [0, 0.1) is 37.5 Å². The third kappa shape index (κ3) is 16.4. The standard InChI is InChI=1S/C63H69NO15S/c1-5-55(65)73-35-13-9-7-11-33-71-46-23-27-48(28-24-46)75-60(67)42-15-19-44(20-16-42)62(69)78-51-31-32-52(58-57(51)64-59(80-58)54-39-50-41(4)37-40(3)38-53(50)77-54)79-63(70)45-21-17-43(18-22-45)61(68)76-49-29-25-47(26-30-49)72-34-12-8-10-14-36-74-56(66)6-2/h5-6,23-32,37-39,42-45H,1-2,7-22,33-36H2,3-4H3. The highest BCUT2D eigenvalue weighted by Gasteiger charge is 2.35. The number of aryl methyl sites for hydroxylation is 2. The number of unbranched alkanes of at least 4 members (excludes halogenated alkanes) is 6. The van der Waals surface area contributed by atoms with Crippen LogP contribution in [0.5, 0.6) is 34.5 Å². The van der Waals surface area contributed by atoms with Crippen LogP contribution in [0.15, 0.2) is 109 Å². The fourth-order valence-corrected chi connectivity index (χ4v) is 10.9. The molecule has 2 aliphatic rings. The van der Waals surface area contributed by atoms with Crippen molar-refractivity contribution in [2.75, 3.05) is 26.4 Å². The molecule has 2 fully saturated rings. The van der Waals surface area contributed by atoms with Crippen molar-refractivity contribution in [3.8, 4) is 45.3 Å². The zero-order valence-corrected chi connectivity index (χ0v) is 46.3. The molecular weight excluding hydrogens is 1040 g/mol. The molecule has 2 saturated carbocycles. The van der Waals surface area contributed by atoms with Gasteiger partial charge in [-0.05, 0) is 201 Å². The lowest BCUT2D eigenvalue weighted by Crippen LogP contribution is -2.30. The van der Waals surface area contributed by atoms with E-state index in [1.54, 1.807) is 60.7 Å². The maximum absolute atomic E-state index is 13.9. The SMILES string of the molecule is C=CC(=O)OCCCCCCOc1ccc(OC(=O)C2CCC(C(=O)Oc3ccc(OC(=O)C4CCC(C(=O)Oc5ccc(OCCCCCCOC(=O)C=C)cc5)CC4)c4sc(-c5cc6c(C)cc(C)cc6o5)nc34)CC2)cc1. The predicted octanol–water partition coefficient (Wildman–Crippen LogP) is 13.3. The molecule has 17 heteroatoms. The molecule has 422 valence electrons. The van der Waals surface area contributed by atoms with Gasteiger partial charge in [-0.25, -0.2) is 14.6 Å². The summed E-state index contributed by atoms with van der Waals surface area (Å²) in [6.45, 7) is 12.6. The highest BCUT2D eigenvalue weighted by atomic mass is 32.1. The van der Waals surface area contributed by atoms with Gasteiger partial charge in [0.05, 0.1) is 50.1 Å². The van der Waals surface area contributed by atoms with E-state index < -0.39 is 35.7 Å². The molecule has 0 aliphatic heterocycles. The summed E-state index contributed by atoms with van der Waals surface area (Å²) in [6.07, 6.45) is 12.8. The smallest absolute Gasteiger partial charge is 0.330 e. The number of hydrogen-bond acceptors (Lipinski definition) is 17. The lowest BCUT2D eigenvalue weighted by atomic mass is 9.82. The van der Waals surface area contributed by atoms with E-state index in [1.807, 2.05) is 26.0 Å². The fourth-order valence-electron chi connectivity index (χ4n) is 9.90. The summed E-state index contributed by atoms with van der Waals surface area (Å²) < 4.78 is 52.2. The monoisotopic (exact) mass is 1110 g/mol. The summed E-state index contributed by atoms with van der Waals surface area (Å²) >= 11 is 1.27. The zero-order valence-electron chi connectivity index (χ0n) is 45.5. The normalized spacial score (nSPS) is 17.0. The molecule has 0 N–H and O–H groups in total. The van der Waals surface area contributed by atoms with E-state index in [0.717, 1.165) is 80.0 Å². The molecule has 0 radical (unpaired) electrons. The van der Waals surface area contributed by atoms with Crippen molar-refractivity contribution in [3.05, 3.63) is 115 Å². The zero-order chi connectivity index (χ0) is 56.4. The van der Waals surface area contributed by atoms with Crippen molar-refractivity contribution < 1.29 is 71.1 Å². The second-order valence-corrected chi connectivity index (χ2v) is 21.4. The number of rotatable bonds is 27. The van der Waals surface area contributed by atoms with Gasteiger partial charge in [-0.3, -0.25) is 19.2 Å². The molecule has 4 aromatic carbocycles. The summed E-state index contributed by atoms with van der Waals surface area (Å²) in [7, 11) is 0. The Hall–Kier alpha value is -7.79. The molecule has 0 spiro atoms. The highest BCUT2D eigenvalue weighted by molar-refractivity contribution is 7.22. The van der Waals surface area contributed by atoms with Crippen molar-refractivity contribution in [1.29, 1.82) is 0 Å². The Kier molecular flexibility index (Phi) is 21.1. The number of ether oxygens (including phenoxy) is 8. The van der Waals surface area contributed by atoms with E-state index in [9.17, 15) is 28.8 Å². The Morgan fingerprint density at radius 3 is 1.40 bits per heavy atom. The summed E-state index contributed by atoms with van der Waals surface area (Å²) in [5, 5.41) is 1.46. The van der Waals surface area contributed by atoms with E-state index in [4.69, 9.17) is 47.3 Å². The highest BCUT2D eigenvalue weighted by Crippen LogP contribution is 2.44. The van der Waals surface area contributed by atoms with Crippen LogP contribution in [-0.2, 0) is 38.2 Å². The molecule has 8 rings (SSSR count). The van der Waals surface area contributed by atoms with Crippen LogP contribution in [0.1, 0.15) is 114 Å². The number of fused-ring (bicyclic) bond motifs is 2. The van der Waals surface area contributed by atoms with Crippen molar-refractivity contribution in [1.82, 2.24) is 4.98 Å². The second kappa shape index (κ2) is 28.9. The van der Waals surface area contributed by atoms with Crippen LogP contribution >= 0.6 is 11.3 Å². The van der Waals surface area contributed by atoms with Crippen molar-refractivity contribution in [2.24, 2.45) is 23.7 Å². The number of thiazole rings is 1. The average Bonchev–Trinajstić information content (AvgIpc) is 4.27. The van der Waals surface area contributed by atoms with Gasteiger partial charge in [0.1, 0.15) is 38.8 Å². The Morgan fingerprint density at radius 1 is 0.525 bits per heavy atom. The van der Waals surface area contributed by atoms with Gasteiger partial charge in [-0.1, -0.05) is 19.2 Å². The lowest BCUT2D eigenvalue weighted by molar-refractivity contribution is -0.145. The second-order valence-electron chi connectivity index (χ2n) is 20.4. The van der Waals surface area contributed by atoms with Crippen molar-refractivity contribution >= 4 is 68.3 Å². The van der Waals surface area contributed by atoms with Crippen molar-refractivity contribution in [2.45, 2.75) is 117 Å². The summed E-state index contributed by atoms with van der Waals surface area (Å²) in [6, 6.07) is 23.0. The molecule has 2 heterocycles. The Bertz CT molecular complexity index is 2960. The topological polar surface area (TPSA) is 202 Å². The summed E-state index contributed by atoms with van der Waals surface area (Å²) in [5.41, 5.74) is 3.16. The first-order valence-corrected chi connectivity index (χ1v) is 28.5. The molecule has 0 saturated heterocycles. The van der Waals surface area contributed by atoms with Crippen LogP contribution in [-0.4, -0.2) is 67.2 Å². The largest absolute Gasteiger partial charge is 0.494 e. The third-order valence-electron chi connectivity index (χ3n) is 14.4. The Balaban J connectivity index is 0.821. The van der Waals surface area contributed by atoms with Gasteiger partial charge in [0, 0.05) is 17.5 Å². The molecule has 0 bridgehead atoms. The van der Waals surface area contributed by atoms with E-state index in [1.165, 1.54) is 11.3 Å². The molecule has 0 amide bonds. The van der Waals surface area contributed by atoms with Gasteiger partial charge in [0.2, 0.25) is 0 Å². The summed E-state index contributed by atoms with van der Waals surface area (Å²) in [5.74, 6) is -0.959. The van der Waals surface area contributed by atoms with Gasteiger partial charge in [0.15, 0.2) is 22.3 Å². The molecule has 2 aliphatic carbocycles. The molecule has 2 aromatic heterocycles. The first kappa shape index (κ1) is 58.4. The van der Waals surface area contributed by atoms with E-state index in [0.29, 0.717) is 127 Å². The van der Waals surface area contributed by atoms with Gasteiger partial charge >= 0.3 is 35.8 Å². The third-order valence-corrected chi connectivity index (χ3v) is 15.5. The number of benzene rings is 4. The number of hydrogen-bond donors (Lipinski definition) is 0. The van der Waals surface area contributed by atoms with Gasteiger partial charge < -0.3 is 42.3 Å². The Morgan fingerprint density at radius 2 is 0.938 bits per heavy atom. The minimum Gasteiger partial charge on any atom is -0.494 e. The van der Waals surface area contributed by atoms with Crippen LogP contribution in [0.25, 0.3) is 32.0 Å². The maximum Gasteiger partial charge on any atom is 0.330 e. The van der Waals surface area contributed by atoms with Crippen LogP contribution in [0.3, 0.4) is 0 Å². The first-order chi connectivity index (χ1) is 38.8. The summed E-state index contributed by atoms with van der Waals surface area (Å²) in [4.78, 5) is 81.5. The van der Waals surface area contributed by atoms with E-state index >= 15 is 0 Å². The molecule has 6 aromatic rings. The number of furan rings is 1. The minimum atomic E-state index is -0.466. The van der Waals surface area contributed by atoms with Crippen LogP contribution in [0.2, 0.25) is 0 Å². The quantitative estimate of drug-likeness (QED) is 0.0204. The minimum absolute atomic E-state index is 0.211. The fraction of sp³-hybridized carbons (Fsp3) is 0.413. The van der Waals surface area contributed by atoms with Crippen molar-refractivity contribution in [3.63, 3.8) is 0 Å².